The summed E-state index contributed by atoms with van der Waals surface area (Å²) in [6.07, 6.45) is 1.56. The number of nitrogens with one attached hydrogen (secondary N) is 1. The van der Waals surface area contributed by atoms with Crippen molar-refractivity contribution in [1.82, 2.24) is 30.0 Å². The Hall–Kier alpha value is -2.45. The standard InChI is InChI=1S/C10H15N7O2/c1-4-17-6-11-9(13-17)12-10(18)16(3)5-8-7(2)14-19-15-8/h6H,4-5H2,1-3H3,(H,12,13,18). The number of hydrogen-bond acceptors (Lipinski definition) is 6. The summed E-state index contributed by atoms with van der Waals surface area (Å²) in [4.78, 5) is 17.3. The lowest BCUT2D eigenvalue weighted by Crippen LogP contribution is -2.31. The summed E-state index contributed by atoms with van der Waals surface area (Å²) in [6, 6.07) is -0.323. The van der Waals surface area contributed by atoms with Crippen molar-refractivity contribution in [3.63, 3.8) is 0 Å². The molecule has 102 valence electrons. The fraction of sp³-hybridized carbons (Fsp3) is 0.500. The molecule has 0 fully saturated rings. The van der Waals surface area contributed by atoms with Crippen LogP contribution in [0.1, 0.15) is 18.3 Å². The van der Waals surface area contributed by atoms with Crippen LogP contribution in [-0.4, -0.2) is 43.1 Å². The lowest BCUT2D eigenvalue weighted by atomic mass is 10.3. The molecule has 0 spiro atoms. The minimum atomic E-state index is -0.323. The molecule has 0 aliphatic rings. The predicted octanol–water partition coefficient (Wildman–Crippen LogP) is 0.653. The van der Waals surface area contributed by atoms with Gasteiger partial charge in [0.1, 0.15) is 17.7 Å². The highest BCUT2D eigenvalue weighted by molar-refractivity contribution is 5.87. The lowest BCUT2D eigenvalue weighted by molar-refractivity contribution is 0.218. The summed E-state index contributed by atoms with van der Waals surface area (Å²) in [5, 5.41) is 14.0. The van der Waals surface area contributed by atoms with Crippen molar-refractivity contribution in [2.24, 2.45) is 0 Å². The second-order valence-electron chi connectivity index (χ2n) is 4.01. The van der Waals surface area contributed by atoms with Crippen LogP contribution >= 0.6 is 0 Å². The third-order valence-corrected chi connectivity index (χ3v) is 2.56. The average molecular weight is 265 g/mol. The lowest BCUT2D eigenvalue weighted by Gasteiger charge is -2.14. The van der Waals surface area contributed by atoms with E-state index in [0.717, 1.165) is 0 Å². The largest absolute Gasteiger partial charge is 0.324 e. The van der Waals surface area contributed by atoms with Crippen LogP contribution < -0.4 is 5.32 Å². The van der Waals surface area contributed by atoms with Gasteiger partial charge in [-0.1, -0.05) is 10.3 Å². The van der Waals surface area contributed by atoms with E-state index in [1.54, 1.807) is 25.0 Å². The van der Waals surface area contributed by atoms with E-state index in [4.69, 9.17) is 0 Å². The zero-order chi connectivity index (χ0) is 13.8. The molecule has 2 aromatic rings. The molecular weight excluding hydrogens is 250 g/mol. The molecule has 0 aliphatic carbocycles. The minimum absolute atomic E-state index is 0.272. The molecule has 2 amide bonds. The topological polar surface area (TPSA) is 102 Å². The number of carbonyl (C=O) groups is 1. The SMILES string of the molecule is CCn1cnc(NC(=O)N(C)Cc2nonc2C)n1. The molecule has 1 N–H and O–H groups in total. The van der Waals surface area contributed by atoms with Gasteiger partial charge in [-0.2, -0.15) is 0 Å². The molecule has 0 unspecified atom stereocenters. The third-order valence-electron chi connectivity index (χ3n) is 2.56. The Morgan fingerprint density at radius 3 is 2.89 bits per heavy atom. The fourth-order valence-corrected chi connectivity index (χ4v) is 1.38. The Balaban J connectivity index is 1.94. The summed E-state index contributed by atoms with van der Waals surface area (Å²) >= 11 is 0. The highest BCUT2D eigenvalue weighted by atomic mass is 16.6. The Bertz CT molecular complexity index is 562. The Morgan fingerprint density at radius 2 is 2.32 bits per heavy atom. The van der Waals surface area contributed by atoms with E-state index in [-0.39, 0.29) is 12.0 Å². The van der Waals surface area contributed by atoms with E-state index in [1.807, 2.05) is 6.92 Å². The molecule has 2 aromatic heterocycles. The molecule has 0 bridgehead atoms. The molecule has 0 atom stereocenters. The number of hydrogen-bond donors (Lipinski definition) is 1. The van der Waals surface area contributed by atoms with Gasteiger partial charge >= 0.3 is 6.03 Å². The highest BCUT2D eigenvalue weighted by Gasteiger charge is 2.15. The van der Waals surface area contributed by atoms with Gasteiger partial charge in [0, 0.05) is 13.6 Å². The predicted molar refractivity (Wildman–Crippen MR) is 65.2 cm³/mol. The number of nitrogens with zero attached hydrogens (tertiary/aromatic N) is 6. The molecule has 2 heterocycles. The first kappa shape index (κ1) is 13.0. The highest BCUT2D eigenvalue weighted by Crippen LogP contribution is 2.06. The number of aryl methyl sites for hydroxylation is 2. The van der Waals surface area contributed by atoms with Crippen molar-refractivity contribution < 1.29 is 9.42 Å². The molecule has 0 radical (unpaired) electrons. The van der Waals surface area contributed by atoms with Crippen LogP contribution in [0.3, 0.4) is 0 Å². The smallest absolute Gasteiger partial charge is 0.321 e. The van der Waals surface area contributed by atoms with Crippen molar-refractivity contribution in [3.8, 4) is 0 Å². The van der Waals surface area contributed by atoms with E-state index < -0.39 is 0 Å². The van der Waals surface area contributed by atoms with E-state index in [9.17, 15) is 4.79 Å². The fourth-order valence-electron chi connectivity index (χ4n) is 1.38. The molecule has 9 heteroatoms. The average Bonchev–Trinajstić information content (AvgIpc) is 2.99. The maximum atomic E-state index is 11.9. The van der Waals surface area contributed by atoms with Gasteiger partial charge in [-0.25, -0.2) is 14.4 Å². The van der Waals surface area contributed by atoms with Gasteiger partial charge in [-0.15, -0.1) is 5.10 Å². The molecular formula is C10H15N7O2. The molecule has 19 heavy (non-hydrogen) atoms. The molecule has 0 aromatic carbocycles. The Morgan fingerprint density at radius 1 is 1.53 bits per heavy atom. The summed E-state index contributed by atoms with van der Waals surface area (Å²) in [7, 11) is 1.64. The maximum Gasteiger partial charge on any atom is 0.324 e. The van der Waals surface area contributed by atoms with Crippen molar-refractivity contribution in [3.05, 3.63) is 17.7 Å². The van der Waals surface area contributed by atoms with Crippen LogP contribution in [0.4, 0.5) is 10.7 Å². The first-order valence-corrected chi connectivity index (χ1v) is 5.79. The Labute approximate surface area is 109 Å². The van der Waals surface area contributed by atoms with Crippen molar-refractivity contribution >= 4 is 12.0 Å². The monoisotopic (exact) mass is 265 g/mol. The molecule has 0 saturated carbocycles. The van der Waals surface area contributed by atoms with E-state index >= 15 is 0 Å². The number of anilines is 1. The third kappa shape index (κ3) is 3.06. The number of aromatic nitrogens is 5. The summed E-state index contributed by atoms with van der Waals surface area (Å²) in [5.74, 6) is 0.272. The summed E-state index contributed by atoms with van der Waals surface area (Å²) in [5.41, 5.74) is 1.28. The summed E-state index contributed by atoms with van der Waals surface area (Å²) in [6.45, 7) is 4.70. The summed E-state index contributed by atoms with van der Waals surface area (Å²) < 4.78 is 6.20. The molecule has 2 rings (SSSR count). The van der Waals surface area contributed by atoms with Crippen molar-refractivity contribution in [1.29, 1.82) is 0 Å². The first-order valence-electron chi connectivity index (χ1n) is 5.79. The quantitative estimate of drug-likeness (QED) is 0.870. The van der Waals surface area contributed by atoms with Gasteiger partial charge in [0.05, 0.1) is 6.54 Å². The van der Waals surface area contributed by atoms with Gasteiger partial charge < -0.3 is 4.90 Å². The van der Waals surface area contributed by atoms with Crippen LogP contribution in [0.15, 0.2) is 11.0 Å². The number of carbonyl (C=O) groups excluding carboxylic acids is 1. The van der Waals surface area contributed by atoms with E-state index in [0.29, 0.717) is 24.5 Å². The molecule has 0 saturated heterocycles. The first-order chi connectivity index (χ1) is 9.10. The van der Waals surface area contributed by atoms with Crippen LogP contribution in [0.25, 0.3) is 0 Å². The van der Waals surface area contributed by atoms with Crippen LogP contribution in [-0.2, 0) is 13.1 Å². The molecule has 0 aliphatic heterocycles. The minimum Gasteiger partial charge on any atom is -0.321 e. The van der Waals surface area contributed by atoms with Gasteiger partial charge in [0.25, 0.3) is 0 Å². The van der Waals surface area contributed by atoms with Gasteiger partial charge in [-0.3, -0.25) is 10.00 Å². The van der Waals surface area contributed by atoms with E-state index in [2.05, 4.69) is 30.3 Å². The number of rotatable bonds is 4. The molecule has 9 nitrogen and oxygen atoms in total. The second-order valence-corrected chi connectivity index (χ2v) is 4.01. The van der Waals surface area contributed by atoms with Gasteiger partial charge in [0.2, 0.25) is 5.95 Å². The van der Waals surface area contributed by atoms with Crippen LogP contribution in [0.2, 0.25) is 0 Å². The maximum absolute atomic E-state index is 11.9. The van der Waals surface area contributed by atoms with Gasteiger partial charge in [-0.05, 0) is 13.8 Å². The van der Waals surface area contributed by atoms with Crippen LogP contribution in [0.5, 0.6) is 0 Å². The zero-order valence-electron chi connectivity index (χ0n) is 11.0. The Kier molecular flexibility index (Phi) is 3.74. The zero-order valence-corrected chi connectivity index (χ0v) is 11.0. The van der Waals surface area contributed by atoms with Crippen LogP contribution in [0, 0.1) is 6.92 Å². The normalized spacial score (nSPS) is 10.5. The van der Waals surface area contributed by atoms with E-state index in [1.165, 1.54) is 4.90 Å². The number of urea groups is 1. The number of amides is 2. The van der Waals surface area contributed by atoms with Crippen molar-refractivity contribution in [2.45, 2.75) is 26.9 Å². The van der Waals surface area contributed by atoms with Crippen molar-refractivity contribution in [2.75, 3.05) is 12.4 Å². The second kappa shape index (κ2) is 5.46. The van der Waals surface area contributed by atoms with Gasteiger partial charge in [0.15, 0.2) is 0 Å².